The Labute approximate surface area is 124 Å². The van der Waals surface area contributed by atoms with Crippen LogP contribution in [0.25, 0.3) is 0 Å². The first-order valence-electron chi connectivity index (χ1n) is 5.92. The van der Waals surface area contributed by atoms with Crippen LogP contribution in [0, 0.1) is 0 Å². The minimum atomic E-state index is 0.433. The number of rotatable bonds is 5. The van der Waals surface area contributed by atoms with Gasteiger partial charge in [-0.15, -0.1) is 11.3 Å². The van der Waals surface area contributed by atoms with Crippen LogP contribution in [0.5, 0.6) is 5.75 Å². The number of aldehydes is 1. The number of halogens is 1. The molecule has 5 heteroatoms. The Bertz CT molecular complexity index is 581. The maximum absolute atomic E-state index is 10.6. The summed E-state index contributed by atoms with van der Waals surface area (Å²) in [6, 6.07) is 5.25. The minimum Gasteiger partial charge on any atom is -0.486 e. The third-order valence-corrected chi connectivity index (χ3v) is 4.34. The molecule has 100 valence electrons. The average Bonchev–Trinajstić information content (AvgIpc) is 2.86. The highest BCUT2D eigenvalue weighted by atomic mass is 79.9. The normalized spacial score (nSPS) is 10.7. The standard InChI is InChI=1S/C14H14BrNO2S/c1-9(2)14-16-11(8-19-14)7-18-13-4-3-10(6-17)5-12(13)15/h3-6,8-9H,7H2,1-2H3. The smallest absolute Gasteiger partial charge is 0.150 e. The van der Waals surface area contributed by atoms with Crippen molar-refractivity contribution in [2.45, 2.75) is 26.4 Å². The molecule has 0 spiro atoms. The van der Waals surface area contributed by atoms with Gasteiger partial charge >= 0.3 is 0 Å². The second-order valence-corrected chi connectivity index (χ2v) is 6.17. The summed E-state index contributed by atoms with van der Waals surface area (Å²) < 4.78 is 6.47. The van der Waals surface area contributed by atoms with E-state index in [9.17, 15) is 4.79 Å². The summed E-state index contributed by atoms with van der Waals surface area (Å²) in [5, 5.41) is 3.14. The van der Waals surface area contributed by atoms with Crippen molar-refractivity contribution in [2.75, 3.05) is 0 Å². The fourth-order valence-electron chi connectivity index (χ4n) is 1.51. The molecule has 1 aromatic heterocycles. The Balaban J connectivity index is 2.03. The zero-order chi connectivity index (χ0) is 13.8. The lowest BCUT2D eigenvalue weighted by Gasteiger charge is -2.07. The minimum absolute atomic E-state index is 0.433. The molecule has 0 radical (unpaired) electrons. The molecule has 0 saturated heterocycles. The van der Waals surface area contributed by atoms with Gasteiger partial charge in [-0.1, -0.05) is 13.8 Å². The molecule has 1 aromatic carbocycles. The highest BCUT2D eigenvalue weighted by Gasteiger charge is 2.07. The molecule has 0 atom stereocenters. The first kappa shape index (κ1) is 14.2. The number of carbonyl (C=O) groups is 1. The van der Waals surface area contributed by atoms with Crippen LogP contribution in [0.3, 0.4) is 0 Å². The van der Waals surface area contributed by atoms with Crippen molar-refractivity contribution in [2.24, 2.45) is 0 Å². The topological polar surface area (TPSA) is 39.2 Å². The second kappa shape index (κ2) is 6.30. The number of hydrogen-bond donors (Lipinski definition) is 0. The highest BCUT2D eigenvalue weighted by molar-refractivity contribution is 9.10. The van der Waals surface area contributed by atoms with Gasteiger partial charge in [-0.2, -0.15) is 0 Å². The van der Waals surface area contributed by atoms with Gasteiger partial charge in [0.1, 0.15) is 18.6 Å². The van der Waals surface area contributed by atoms with Crippen molar-refractivity contribution in [1.29, 1.82) is 0 Å². The van der Waals surface area contributed by atoms with E-state index in [2.05, 4.69) is 34.8 Å². The lowest BCUT2D eigenvalue weighted by molar-refractivity contribution is 0.112. The third-order valence-electron chi connectivity index (χ3n) is 2.53. The van der Waals surface area contributed by atoms with E-state index in [0.29, 0.717) is 23.8 Å². The Morgan fingerprint density at radius 3 is 2.84 bits per heavy atom. The molecule has 0 amide bonds. The quantitative estimate of drug-likeness (QED) is 0.757. The molecule has 1 heterocycles. The van der Waals surface area contributed by atoms with Crippen molar-refractivity contribution >= 4 is 33.6 Å². The summed E-state index contributed by atoms with van der Waals surface area (Å²) in [5.74, 6) is 1.15. The Morgan fingerprint density at radius 1 is 1.47 bits per heavy atom. The van der Waals surface area contributed by atoms with E-state index in [0.717, 1.165) is 21.5 Å². The molecule has 0 aliphatic heterocycles. The first-order chi connectivity index (χ1) is 9.10. The zero-order valence-electron chi connectivity index (χ0n) is 10.7. The van der Waals surface area contributed by atoms with Gasteiger partial charge in [0.2, 0.25) is 0 Å². The number of thiazole rings is 1. The van der Waals surface area contributed by atoms with Crippen LogP contribution < -0.4 is 4.74 Å². The fourth-order valence-corrected chi connectivity index (χ4v) is 2.84. The van der Waals surface area contributed by atoms with Gasteiger partial charge in [-0.3, -0.25) is 4.79 Å². The van der Waals surface area contributed by atoms with E-state index in [4.69, 9.17) is 4.74 Å². The number of nitrogens with zero attached hydrogens (tertiary/aromatic N) is 1. The van der Waals surface area contributed by atoms with E-state index < -0.39 is 0 Å². The number of aromatic nitrogens is 1. The van der Waals surface area contributed by atoms with E-state index in [1.54, 1.807) is 29.5 Å². The van der Waals surface area contributed by atoms with Crippen molar-refractivity contribution in [3.63, 3.8) is 0 Å². The molecule has 0 fully saturated rings. The van der Waals surface area contributed by atoms with Gasteiger partial charge < -0.3 is 4.74 Å². The molecule has 3 nitrogen and oxygen atoms in total. The number of carbonyl (C=O) groups excluding carboxylic acids is 1. The summed E-state index contributed by atoms with van der Waals surface area (Å²) in [6.45, 7) is 4.68. The van der Waals surface area contributed by atoms with E-state index in [1.165, 1.54) is 0 Å². The van der Waals surface area contributed by atoms with E-state index in [-0.39, 0.29) is 0 Å². The van der Waals surface area contributed by atoms with Crippen LogP contribution in [0.1, 0.15) is 40.8 Å². The summed E-state index contributed by atoms with van der Waals surface area (Å²) in [4.78, 5) is 15.2. The second-order valence-electron chi connectivity index (χ2n) is 4.43. The van der Waals surface area contributed by atoms with Crippen molar-refractivity contribution < 1.29 is 9.53 Å². The molecular weight excluding hydrogens is 326 g/mol. The van der Waals surface area contributed by atoms with Gasteiger partial charge in [-0.25, -0.2) is 4.98 Å². The van der Waals surface area contributed by atoms with Crippen LogP contribution in [0.15, 0.2) is 28.1 Å². The molecule has 2 rings (SSSR count). The Hall–Kier alpha value is -1.20. The molecule has 0 bridgehead atoms. The van der Waals surface area contributed by atoms with E-state index >= 15 is 0 Å². The van der Waals surface area contributed by atoms with Crippen LogP contribution >= 0.6 is 27.3 Å². The number of benzene rings is 1. The van der Waals surface area contributed by atoms with Crippen molar-refractivity contribution in [3.05, 3.63) is 44.3 Å². The van der Waals surface area contributed by atoms with Gasteiger partial charge in [-0.05, 0) is 34.1 Å². The monoisotopic (exact) mass is 339 g/mol. The SMILES string of the molecule is CC(C)c1nc(COc2ccc(C=O)cc2Br)cs1. The Kier molecular flexibility index (Phi) is 4.71. The molecule has 0 N–H and O–H groups in total. The summed E-state index contributed by atoms with van der Waals surface area (Å²) in [5.41, 5.74) is 1.55. The maximum Gasteiger partial charge on any atom is 0.150 e. The Morgan fingerprint density at radius 2 is 2.26 bits per heavy atom. The van der Waals surface area contributed by atoms with Gasteiger partial charge in [0, 0.05) is 16.9 Å². The molecule has 2 aromatic rings. The largest absolute Gasteiger partial charge is 0.486 e. The third kappa shape index (κ3) is 3.64. The molecular formula is C14H14BrNO2S. The van der Waals surface area contributed by atoms with Crippen molar-refractivity contribution in [3.8, 4) is 5.75 Å². The van der Waals surface area contributed by atoms with Crippen LogP contribution in [-0.4, -0.2) is 11.3 Å². The lowest BCUT2D eigenvalue weighted by atomic mass is 10.2. The first-order valence-corrected chi connectivity index (χ1v) is 7.59. The molecule has 0 saturated carbocycles. The van der Waals surface area contributed by atoms with E-state index in [1.807, 2.05) is 5.38 Å². The average molecular weight is 340 g/mol. The van der Waals surface area contributed by atoms with Gasteiger partial charge in [0.15, 0.2) is 0 Å². The molecule has 19 heavy (non-hydrogen) atoms. The zero-order valence-corrected chi connectivity index (χ0v) is 13.1. The highest BCUT2D eigenvalue weighted by Crippen LogP contribution is 2.27. The summed E-state index contributed by atoms with van der Waals surface area (Å²) in [7, 11) is 0. The summed E-state index contributed by atoms with van der Waals surface area (Å²) in [6.07, 6.45) is 0.809. The summed E-state index contributed by atoms with van der Waals surface area (Å²) >= 11 is 5.04. The van der Waals surface area contributed by atoms with Crippen LogP contribution in [-0.2, 0) is 6.61 Å². The molecule has 0 aliphatic carbocycles. The number of ether oxygens (including phenoxy) is 1. The fraction of sp³-hybridized carbons (Fsp3) is 0.286. The van der Waals surface area contributed by atoms with Crippen LogP contribution in [0.4, 0.5) is 0 Å². The maximum atomic E-state index is 10.6. The van der Waals surface area contributed by atoms with Gasteiger partial charge in [0.05, 0.1) is 15.2 Å². The van der Waals surface area contributed by atoms with Gasteiger partial charge in [0.25, 0.3) is 0 Å². The lowest BCUT2D eigenvalue weighted by Crippen LogP contribution is -1.97. The van der Waals surface area contributed by atoms with Crippen molar-refractivity contribution in [1.82, 2.24) is 4.98 Å². The molecule has 0 aliphatic rings. The molecule has 0 unspecified atom stereocenters. The predicted octanol–water partition coefficient (Wildman–Crippen LogP) is 4.42. The predicted molar refractivity (Wildman–Crippen MR) is 80.1 cm³/mol. The van der Waals surface area contributed by atoms with Crippen LogP contribution in [0.2, 0.25) is 0 Å². The number of hydrogen-bond acceptors (Lipinski definition) is 4.